The van der Waals surface area contributed by atoms with Crippen LogP contribution in [0.1, 0.15) is 21.6 Å². The molecule has 130 valence electrons. The number of aryl methyl sites for hydroxylation is 1. The quantitative estimate of drug-likeness (QED) is 0.875. The summed E-state index contributed by atoms with van der Waals surface area (Å²) in [6.07, 6.45) is 2.48. The number of aromatic amines is 1. The molecule has 1 fully saturated rings. The molecule has 2 aliphatic rings. The monoisotopic (exact) mass is 338 g/mol. The fraction of sp³-hybridized carbons (Fsp3) is 0.368. The number of piperazine rings is 1. The average Bonchev–Trinajstić information content (AvgIpc) is 3.30. The number of hydrogen-bond donors (Lipinski definition) is 2. The molecule has 2 N–H and O–H groups in total. The predicted molar refractivity (Wildman–Crippen MR) is 95.6 cm³/mol. The van der Waals surface area contributed by atoms with Crippen LogP contribution in [-0.4, -0.2) is 58.8 Å². The van der Waals surface area contributed by atoms with E-state index in [9.17, 15) is 9.59 Å². The van der Waals surface area contributed by atoms with E-state index in [1.165, 1.54) is 11.1 Å². The van der Waals surface area contributed by atoms with E-state index in [-0.39, 0.29) is 17.9 Å². The van der Waals surface area contributed by atoms with Gasteiger partial charge >= 0.3 is 0 Å². The Morgan fingerprint density at radius 3 is 2.56 bits per heavy atom. The molecule has 0 bridgehead atoms. The van der Waals surface area contributed by atoms with Crippen molar-refractivity contribution in [1.82, 2.24) is 14.8 Å². The summed E-state index contributed by atoms with van der Waals surface area (Å²) in [6.45, 7) is 4.37. The van der Waals surface area contributed by atoms with Crippen LogP contribution in [0.3, 0.4) is 0 Å². The van der Waals surface area contributed by atoms with Gasteiger partial charge in [-0.3, -0.25) is 9.59 Å². The van der Waals surface area contributed by atoms with Gasteiger partial charge in [-0.25, -0.2) is 0 Å². The number of amides is 2. The third kappa shape index (κ3) is 2.99. The Kier molecular flexibility index (Phi) is 3.95. The van der Waals surface area contributed by atoms with E-state index in [0.29, 0.717) is 31.9 Å². The Morgan fingerprint density at radius 1 is 1.08 bits per heavy atom. The molecule has 3 heterocycles. The van der Waals surface area contributed by atoms with Crippen LogP contribution in [0.2, 0.25) is 0 Å². The number of carbonyl (C=O) groups is 2. The number of aromatic nitrogens is 1. The topological polar surface area (TPSA) is 68.4 Å². The minimum Gasteiger partial charge on any atom is -0.373 e. The molecule has 0 radical (unpaired) electrons. The zero-order valence-electron chi connectivity index (χ0n) is 14.3. The molecule has 1 atom stereocenters. The molecule has 6 heteroatoms. The van der Waals surface area contributed by atoms with Crippen molar-refractivity contribution in [2.75, 3.05) is 31.5 Å². The van der Waals surface area contributed by atoms with Gasteiger partial charge in [-0.2, -0.15) is 0 Å². The zero-order valence-corrected chi connectivity index (χ0v) is 14.3. The molecule has 1 aromatic carbocycles. The van der Waals surface area contributed by atoms with Crippen molar-refractivity contribution in [3.8, 4) is 0 Å². The number of H-pyrrole nitrogens is 1. The zero-order chi connectivity index (χ0) is 17.4. The highest BCUT2D eigenvalue weighted by molar-refractivity contribution is 5.93. The second kappa shape index (κ2) is 6.27. The molecular weight excluding hydrogens is 316 g/mol. The van der Waals surface area contributed by atoms with Gasteiger partial charge in [0.1, 0.15) is 11.7 Å². The molecule has 0 spiro atoms. The minimum atomic E-state index is -0.192. The fourth-order valence-corrected chi connectivity index (χ4v) is 3.62. The summed E-state index contributed by atoms with van der Waals surface area (Å²) in [4.78, 5) is 31.8. The van der Waals surface area contributed by atoms with E-state index in [2.05, 4.69) is 29.4 Å². The van der Waals surface area contributed by atoms with Crippen molar-refractivity contribution < 1.29 is 9.59 Å². The van der Waals surface area contributed by atoms with Crippen LogP contribution < -0.4 is 5.32 Å². The Labute approximate surface area is 146 Å². The second-order valence-corrected chi connectivity index (χ2v) is 6.76. The molecule has 6 nitrogen and oxygen atoms in total. The van der Waals surface area contributed by atoms with Crippen molar-refractivity contribution >= 4 is 17.5 Å². The number of hydrogen-bond acceptors (Lipinski definition) is 3. The van der Waals surface area contributed by atoms with Crippen LogP contribution in [0, 0.1) is 6.92 Å². The molecular formula is C19H22N4O2. The first-order chi connectivity index (χ1) is 12.1. The van der Waals surface area contributed by atoms with Crippen LogP contribution in [-0.2, 0) is 11.2 Å². The largest absolute Gasteiger partial charge is 0.373 e. The normalized spacial score (nSPS) is 19.5. The summed E-state index contributed by atoms with van der Waals surface area (Å²) in [5, 5.41) is 3.34. The summed E-state index contributed by atoms with van der Waals surface area (Å²) in [6, 6.07) is 9.65. The van der Waals surface area contributed by atoms with Crippen LogP contribution in [0.25, 0.3) is 0 Å². The fourth-order valence-electron chi connectivity index (χ4n) is 3.62. The molecule has 2 aliphatic heterocycles. The highest BCUT2D eigenvalue weighted by Crippen LogP contribution is 2.27. The van der Waals surface area contributed by atoms with Gasteiger partial charge < -0.3 is 20.1 Å². The van der Waals surface area contributed by atoms with Gasteiger partial charge in [0.25, 0.3) is 5.91 Å². The van der Waals surface area contributed by atoms with Gasteiger partial charge in [-0.05, 0) is 30.7 Å². The Balaban J connectivity index is 1.35. The van der Waals surface area contributed by atoms with Crippen LogP contribution in [0.4, 0.5) is 5.69 Å². The molecule has 0 aliphatic carbocycles. The smallest absolute Gasteiger partial charge is 0.270 e. The number of anilines is 1. The molecule has 0 saturated carbocycles. The van der Waals surface area contributed by atoms with Gasteiger partial charge in [-0.1, -0.05) is 17.7 Å². The summed E-state index contributed by atoms with van der Waals surface area (Å²) >= 11 is 0. The third-order valence-electron chi connectivity index (χ3n) is 5.02. The van der Waals surface area contributed by atoms with E-state index in [1.807, 2.05) is 17.0 Å². The first-order valence-corrected chi connectivity index (χ1v) is 8.69. The summed E-state index contributed by atoms with van der Waals surface area (Å²) in [5.41, 5.74) is 4.08. The standard InChI is InChI=1S/C19H22N4O2/c1-13-4-5-15-14(11-13)12-17(21-15)19(25)23-9-7-22(8-10-23)18(24)16-3-2-6-20-16/h2-6,11,17,20-21H,7-10,12H2,1H3. The summed E-state index contributed by atoms with van der Waals surface area (Å²) < 4.78 is 0. The van der Waals surface area contributed by atoms with Crippen LogP contribution in [0.5, 0.6) is 0 Å². The van der Waals surface area contributed by atoms with E-state index in [4.69, 9.17) is 0 Å². The Morgan fingerprint density at radius 2 is 1.84 bits per heavy atom. The van der Waals surface area contributed by atoms with Crippen molar-refractivity contribution in [2.24, 2.45) is 0 Å². The molecule has 1 unspecified atom stereocenters. The van der Waals surface area contributed by atoms with E-state index < -0.39 is 0 Å². The first-order valence-electron chi connectivity index (χ1n) is 8.69. The Bertz CT molecular complexity index is 792. The van der Waals surface area contributed by atoms with Crippen molar-refractivity contribution in [2.45, 2.75) is 19.4 Å². The molecule has 1 saturated heterocycles. The average molecular weight is 338 g/mol. The van der Waals surface area contributed by atoms with E-state index >= 15 is 0 Å². The SMILES string of the molecule is Cc1ccc2c(c1)CC(C(=O)N1CCN(C(=O)c3ccc[nH]3)CC1)N2. The van der Waals surface area contributed by atoms with Crippen molar-refractivity contribution in [1.29, 1.82) is 0 Å². The lowest BCUT2D eigenvalue weighted by molar-refractivity contribution is -0.133. The van der Waals surface area contributed by atoms with Gasteiger partial charge in [0.15, 0.2) is 0 Å². The number of benzene rings is 1. The second-order valence-electron chi connectivity index (χ2n) is 6.76. The van der Waals surface area contributed by atoms with Crippen LogP contribution in [0.15, 0.2) is 36.5 Å². The predicted octanol–water partition coefficient (Wildman–Crippen LogP) is 1.64. The maximum Gasteiger partial charge on any atom is 0.270 e. The van der Waals surface area contributed by atoms with Crippen molar-refractivity contribution in [3.63, 3.8) is 0 Å². The molecule has 2 amide bonds. The minimum absolute atomic E-state index is 0.000953. The van der Waals surface area contributed by atoms with Gasteiger partial charge in [0.05, 0.1) is 0 Å². The maximum absolute atomic E-state index is 12.8. The van der Waals surface area contributed by atoms with Gasteiger partial charge in [0, 0.05) is 44.5 Å². The number of nitrogens with zero attached hydrogens (tertiary/aromatic N) is 2. The van der Waals surface area contributed by atoms with Crippen LogP contribution >= 0.6 is 0 Å². The number of rotatable bonds is 2. The van der Waals surface area contributed by atoms with E-state index in [0.717, 1.165) is 12.1 Å². The molecule has 2 aromatic rings. The maximum atomic E-state index is 12.8. The number of nitrogens with one attached hydrogen (secondary N) is 2. The molecule has 1 aromatic heterocycles. The van der Waals surface area contributed by atoms with Crippen molar-refractivity contribution in [3.05, 3.63) is 53.3 Å². The lowest BCUT2D eigenvalue weighted by atomic mass is 10.1. The van der Waals surface area contributed by atoms with Gasteiger partial charge in [0.2, 0.25) is 5.91 Å². The summed E-state index contributed by atoms with van der Waals surface area (Å²) in [5.74, 6) is 0.125. The first kappa shape index (κ1) is 15.7. The lowest BCUT2D eigenvalue weighted by Crippen LogP contribution is -2.53. The molecule has 4 rings (SSSR count). The van der Waals surface area contributed by atoms with E-state index in [1.54, 1.807) is 17.2 Å². The summed E-state index contributed by atoms with van der Waals surface area (Å²) in [7, 11) is 0. The highest BCUT2D eigenvalue weighted by atomic mass is 16.2. The molecule has 25 heavy (non-hydrogen) atoms. The Hall–Kier alpha value is -2.76. The number of fused-ring (bicyclic) bond motifs is 1. The lowest BCUT2D eigenvalue weighted by Gasteiger charge is -2.35. The highest BCUT2D eigenvalue weighted by Gasteiger charge is 2.32. The van der Waals surface area contributed by atoms with Gasteiger partial charge in [-0.15, -0.1) is 0 Å². The third-order valence-corrected chi connectivity index (χ3v) is 5.02. The number of carbonyl (C=O) groups excluding carboxylic acids is 2.